The molecule has 0 atom stereocenters. The number of nitrogens with two attached hydrogens (primary N) is 1. The highest BCUT2D eigenvalue weighted by Gasteiger charge is 2.18. The van der Waals surface area contributed by atoms with E-state index >= 15 is 0 Å². The Hall–Kier alpha value is -1.84. The monoisotopic (exact) mass is 259 g/mol. The molecule has 0 saturated carbocycles. The van der Waals surface area contributed by atoms with Gasteiger partial charge in [-0.15, -0.1) is 0 Å². The van der Waals surface area contributed by atoms with Crippen molar-refractivity contribution < 1.29 is 4.39 Å². The molecular weight excluding hydrogens is 241 g/mol. The van der Waals surface area contributed by atoms with Crippen LogP contribution in [0.1, 0.15) is 35.6 Å². The maximum absolute atomic E-state index is 13.9. The normalized spacial score (nSPS) is 14.4. The van der Waals surface area contributed by atoms with Crippen molar-refractivity contribution in [3.8, 4) is 0 Å². The van der Waals surface area contributed by atoms with Crippen LogP contribution < -0.4 is 5.73 Å². The number of rotatable bonds is 2. The maximum atomic E-state index is 13.9. The molecule has 100 valence electrons. The fourth-order valence-electron chi connectivity index (χ4n) is 2.81. The number of anilines is 1. The van der Waals surface area contributed by atoms with Gasteiger partial charge in [-0.3, -0.25) is 0 Å². The van der Waals surface area contributed by atoms with Gasteiger partial charge in [-0.1, -0.05) is 6.07 Å². The summed E-state index contributed by atoms with van der Waals surface area (Å²) in [6.45, 7) is 2.54. The first-order valence-corrected chi connectivity index (χ1v) is 6.74. The van der Waals surface area contributed by atoms with Crippen LogP contribution in [0.3, 0.4) is 0 Å². The van der Waals surface area contributed by atoms with Crippen molar-refractivity contribution in [3.05, 3.63) is 46.8 Å². The summed E-state index contributed by atoms with van der Waals surface area (Å²) < 4.78 is 16.0. The van der Waals surface area contributed by atoms with Gasteiger partial charge in [0.1, 0.15) is 11.6 Å². The number of aromatic nitrogens is 2. The second-order valence-electron chi connectivity index (χ2n) is 5.20. The van der Waals surface area contributed by atoms with Crippen LogP contribution in [0.4, 0.5) is 10.1 Å². The third-order valence-electron chi connectivity index (χ3n) is 3.83. The van der Waals surface area contributed by atoms with E-state index in [1.165, 1.54) is 30.3 Å². The highest BCUT2D eigenvalue weighted by atomic mass is 19.1. The van der Waals surface area contributed by atoms with Crippen molar-refractivity contribution >= 4 is 5.69 Å². The van der Waals surface area contributed by atoms with Gasteiger partial charge in [0.15, 0.2) is 0 Å². The Morgan fingerprint density at radius 2 is 2.11 bits per heavy atom. The lowest BCUT2D eigenvalue weighted by Gasteiger charge is -2.15. The molecule has 2 N–H and O–H groups in total. The second-order valence-corrected chi connectivity index (χ2v) is 5.20. The molecule has 1 heterocycles. The zero-order valence-corrected chi connectivity index (χ0v) is 11.1. The fraction of sp³-hybridized carbons (Fsp3) is 0.400. The molecule has 0 bridgehead atoms. The van der Waals surface area contributed by atoms with Crippen LogP contribution in [0, 0.1) is 12.7 Å². The van der Waals surface area contributed by atoms with Gasteiger partial charge in [0.2, 0.25) is 0 Å². The summed E-state index contributed by atoms with van der Waals surface area (Å²) in [6.07, 6.45) is 4.50. The van der Waals surface area contributed by atoms with Gasteiger partial charge in [0.05, 0.1) is 12.2 Å². The van der Waals surface area contributed by atoms with Gasteiger partial charge in [-0.2, -0.15) is 0 Å². The van der Waals surface area contributed by atoms with Crippen LogP contribution in [0.2, 0.25) is 0 Å². The highest BCUT2D eigenvalue weighted by Crippen LogP contribution is 2.24. The highest BCUT2D eigenvalue weighted by molar-refractivity contribution is 5.40. The van der Waals surface area contributed by atoms with E-state index < -0.39 is 0 Å². The van der Waals surface area contributed by atoms with Gasteiger partial charge >= 0.3 is 0 Å². The number of halogens is 1. The first-order valence-electron chi connectivity index (χ1n) is 6.74. The van der Waals surface area contributed by atoms with Crippen molar-refractivity contribution in [2.75, 3.05) is 5.73 Å². The lowest BCUT2D eigenvalue weighted by atomic mass is 10.0. The van der Waals surface area contributed by atoms with Gasteiger partial charge in [-0.05, 0) is 44.7 Å². The molecule has 4 heteroatoms. The van der Waals surface area contributed by atoms with E-state index in [1.807, 2.05) is 6.92 Å². The third kappa shape index (κ3) is 2.23. The average molecular weight is 259 g/mol. The van der Waals surface area contributed by atoms with Crippen molar-refractivity contribution in [2.45, 2.75) is 39.2 Å². The topological polar surface area (TPSA) is 43.8 Å². The van der Waals surface area contributed by atoms with E-state index in [0.717, 1.165) is 18.7 Å². The maximum Gasteiger partial charge on any atom is 0.130 e. The van der Waals surface area contributed by atoms with Crippen molar-refractivity contribution in [1.82, 2.24) is 9.55 Å². The molecule has 1 aromatic carbocycles. The Morgan fingerprint density at radius 3 is 2.89 bits per heavy atom. The molecule has 0 saturated heterocycles. The smallest absolute Gasteiger partial charge is 0.130 e. The Labute approximate surface area is 112 Å². The molecule has 0 aliphatic heterocycles. The van der Waals surface area contributed by atoms with Crippen molar-refractivity contribution in [3.63, 3.8) is 0 Å². The molecule has 0 amide bonds. The molecule has 0 fully saturated rings. The van der Waals surface area contributed by atoms with Gasteiger partial charge in [0, 0.05) is 16.9 Å². The minimum Gasteiger partial charge on any atom is -0.399 e. The standard InChI is InChI=1S/C15H18FN3/c1-10-18-14-4-2-3-5-15(14)19(10)9-11-6-7-12(17)8-13(11)16/h6-8H,2-5,9,17H2,1H3. The van der Waals surface area contributed by atoms with E-state index in [1.54, 1.807) is 12.1 Å². The minimum atomic E-state index is -0.238. The number of benzene rings is 1. The number of nitrogens with zero attached hydrogens (tertiary/aromatic N) is 2. The SMILES string of the molecule is Cc1nc2c(n1Cc1ccc(N)cc1F)CCCC2. The summed E-state index contributed by atoms with van der Waals surface area (Å²) in [5, 5.41) is 0. The first kappa shape index (κ1) is 12.2. The molecule has 1 aliphatic carbocycles. The Morgan fingerprint density at radius 1 is 1.32 bits per heavy atom. The van der Waals surface area contributed by atoms with E-state index in [4.69, 9.17) is 5.73 Å². The summed E-state index contributed by atoms with van der Waals surface area (Å²) in [7, 11) is 0. The zero-order valence-electron chi connectivity index (χ0n) is 11.1. The summed E-state index contributed by atoms with van der Waals surface area (Å²) in [5.74, 6) is 0.737. The van der Waals surface area contributed by atoms with E-state index in [9.17, 15) is 4.39 Å². The lowest BCUT2D eigenvalue weighted by molar-refractivity contribution is 0.582. The van der Waals surface area contributed by atoms with Crippen LogP contribution in [0.15, 0.2) is 18.2 Å². The van der Waals surface area contributed by atoms with E-state index in [0.29, 0.717) is 17.8 Å². The van der Waals surface area contributed by atoms with Crippen LogP contribution >= 0.6 is 0 Å². The number of hydrogen-bond donors (Lipinski definition) is 1. The van der Waals surface area contributed by atoms with E-state index in [2.05, 4.69) is 9.55 Å². The lowest BCUT2D eigenvalue weighted by Crippen LogP contribution is -2.11. The summed E-state index contributed by atoms with van der Waals surface area (Å²) in [6, 6.07) is 4.89. The second kappa shape index (κ2) is 4.68. The quantitative estimate of drug-likeness (QED) is 0.843. The fourth-order valence-corrected chi connectivity index (χ4v) is 2.81. The summed E-state index contributed by atoms with van der Waals surface area (Å²) in [4.78, 5) is 4.61. The molecule has 0 unspecified atom stereocenters. The Bertz CT molecular complexity index is 616. The number of fused-ring (bicyclic) bond motifs is 1. The largest absolute Gasteiger partial charge is 0.399 e. The Balaban J connectivity index is 1.97. The molecule has 3 nitrogen and oxygen atoms in total. The Kier molecular flexibility index (Phi) is 3.01. The average Bonchev–Trinajstić information content (AvgIpc) is 2.69. The molecule has 1 aliphatic rings. The number of aryl methyl sites for hydroxylation is 2. The summed E-state index contributed by atoms with van der Waals surface area (Å²) >= 11 is 0. The van der Waals surface area contributed by atoms with E-state index in [-0.39, 0.29) is 5.82 Å². The van der Waals surface area contributed by atoms with Gasteiger partial charge in [0.25, 0.3) is 0 Å². The van der Waals surface area contributed by atoms with Gasteiger partial charge < -0.3 is 10.3 Å². The predicted octanol–water partition coefficient (Wildman–Crippen LogP) is 2.84. The zero-order chi connectivity index (χ0) is 13.4. The molecule has 1 aromatic heterocycles. The van der Waals surface area contributed by atoms with Crippen molar-refractivity contribution in [2.24, 2.45) is 0 Å². The van der Waals surface area contributed by atoms with Crippen LogP contribution in [0.25, 0.3) is 0 Å². The molecule has 3 rings (SSSR count). The van der Waals surface area contributed by atoms with Crippen LogP contribution in [0.5, 0.6) is 0 Å². The van der Waals surface area contributed by atoms with Crippen molar-refractivity contribution in [1.29, 1.82) is 0 Å². The molecule has 0 radical (unpaired) electrons. The number of nitrogen functional groups attached to an aromatic ring is 1. The molecular formula is C15H18FN3. The minimum absolute atomic E-state index is 0.238. The third-order valence-corrected chi connectivity index (χ3v) is 3.83. The summed E-state index contributed by atoms with van der Waals surface area (Å²) in [5.41, 5.74) is 9.19. The number of imidazole rings is 1. The first-order chi connectivity index (χ1) is 9.15. The molecule has 2 aromatic rings. The van der Waals surface area contributed by atoms with Crippen LogP contribution in [-0.2, 0) is 19.4 Å². The van der Waals surface area contributed by atoms with Gasteiger partial charge in [-0.25, -0.2) is 9.37 Å². The molecule has 19 heavy (non-hydrogen) atoms. The van der Waals surface area contributed by atoms with Crippen LogP contribution in [-0.4, -0.2) is 9.55 Å². The number of hydrogen-bond acceptors (Lipinski definition) is 2. The molecule has 0 spiro atoms. The predicted molar refractivity (Wildman–Crippen MR) is 73.5 cm³/mol.